The number of hydrogen-bond acceptors (Lipinski definition) is 10. The second-order valence-corrected chi connectivity index (χ2v) is 17.2. The molecule has 0 saturated heterocycles. The molecule has 15 nitrogen and oxygen atoms in total. The number of rotatable bonds is 12. The van der Waals surface area contributed by atoms with Gasteiger partial charge in [-0.2, -0.15) is 0 Å². The fourth-order valence-corrected chi connectivity index (χ4v) is 9.10. The summed E-state index contributed by atoms with van der Waals surface area (Å²) in [6.07, 6.45) is 0.958. The van der Waals surface area contributed by atoms with E-state index in [-0.39, 0.29) is 99.8 Å². The van der Waals surface area contributed by atoms with Crippen molar-refractivity contribution in [2.45, 2.75) is 111 Å². The second-order valence-electron chi connectivity index (χ2n) is 17.2. The van der Waals surface area contributed by atoms with E-state index < -0.39 is 47.4 Å². The zero-order chi connectivity index (χ0) is 46.0. The normalized spacial score (nSPS) is 16.1. The zero-order valence-corrected chi connectivity index (χ0v) is 39.3. The van der Waals surface area contributed by atoms with Crippen molar-refractivity contribution in [2.24, 2.45) is 11.5 Å². The van der Waals surface area contributed by atoms with Crippen LogP contribution in [0.1, 0.15) is 72.7 Å². The first-order valence-corrected chi connectivity index (χ1v) is 21.5. The Balaban J connectivity index is 0.00000408. The summed E-state index contributed by atoms with van der Waals surface area (Å²) < 4.78 is 0. The van der Waals surface area contributed by atoms with Gasteiger partial charge in [0.2, 0.25) is 23.6 Å². The lowest BCUT2D eigenvalue weighted by Crippen LogP contribution is -2.56. The smallest absolute Gasteiger partial charge is 0.271 e. The molecule has 3 heterocycles. The first kappa shape index (κ1) is 50.7. The van der Waals surface area contributed by atoms with Crippen LogP contribution in [0.4, 0.5) is 0 Å². The third kappa shape index (κ3) is 11.0. The molecule has 350 valence electrons. The van der Waals surface area contributed by atoms with Crippen molar-refractivity contribution in [1.82, 2.24) is 30.4 Å². The van der Waals surface area contributed by atoms with Crippen LogP contribution in [0.3, 0.4) is 0 Å². The first-order chi connectivity index (χ1) is 30.5. The van der Waals surface area contributed by atoms with Crippen LogP contribution in [-0.2, 0) is 71.0 Å². The van der Waals surface area contributed by atoms with Gasteiger partial charge in [-0.05, 0) is 127 Å². The highest BCUT2D eigenvalue weighted by molar-refractivity contribution is 5.92. The van der Waals surface area contributed by atoms with Gasteiger partial charge < -0.3 is 47.1 Å². The van der Waals surface area contributed by atoms with Crippen molar-refractivity contribution >= 4 is 48.4 Å². The number of H-pyrrole nitrogens is 1. The Bertz CT molecular complexity index is 2660. The Morgan fingerprint density at radius 3 is 1.45 bits per heavy atom. The van der Waals surface area contributed by atoms with E-state index in [1.54, 1.807) is 31.2 Å². The molecule has 2 aliphatic rings. The summed E-state index contributed by atoms with van der Waals surface area (Å²) in [5, 5.41) is 25.8. The topological polar surface area (TPSA) is 237 Å². The van der Waals surface area contributed by atoms with Crippen LogP contribution < -0.4 is 27.7 Å². The minimum absolute atomic E-state index is 0. The van der Waals surface area contributed by atoms with Crippen molar-refractivity contribution in [1.29, 1.82) is 0 Å². The summed E-state index contributed by atoms with van der Waals surface area (Å²) in [7, 11) is 0. The SMILES string of the molecule is Cc1cc(O)cc(C)c1C[C@H](N)C(=O)N1Cc2ccccc2C[C@H]1C(=O)NCc1[nH]c(=O)c(CNC(=O)[C@@H]2Cc3ccccc3CN2C(=O)[C@@H](N)Cc2c(C)cc(O)cc2C)nc1C.Cl.Cl. The van der Waals surface area contributed by atoms with Crippen LogP contribution in [0.15, 0.2) is 77.6 Å². The number of nitrogens with two attached hydrogens (primary N) is 2. The molecule has 2 aliphatic heterocycles. The molecule has 4 amide bonds. The van der Waals surface area contributed by atoms with Gasteiger partial charge in [-0.1, -0.05) is 48.5 Å². The lowest BCUT2D eigenvalue weighted by atomic mass is 9.91. The van der Waals surface area contributed by atoms with Gasteiger partial charge >= 0.3 is 0 Å². The van der Waals surface area contributed by atoms with Gasteiger partial charge in [0, 0.05) is 25.9 Å². The predicted octanol–water partition coefficient (Wildman–Crippen LogP) is 3.85. The number of fused-ring (bicyclic) bond motifs is 2. The highest BCUT2D eigenvalue weighted by Gasteiger charge is 2.38. The Morgan fingerprint density at radius 1 is 0.667 bits per heavy atom. The van der Waals surface area contributed by atoms with E-state index in [1.165, 1.54) is 9.80 Å². The van der Waals surface area contributed by atoms with Crippen LogP contribution in [0.5, 0.6) is 11.5 Å². The van der Waals surface area contributed by atoms with Crippen molar-refractivity contribution in [3.8, 4) is 11.5 Å². The van der Waals surface area contributed by atoms with Crippen LogP contribution >= 0.6 is 24.8 Å². The summed E-state index contributed by atoms with van der Waals surface area (Å²) >= 11 is 0. The van der Waals surface area contributed by atoms with Gasteiger partial charge in [-0.25, -0.2) is 4.98 Å². The molecule has 0 fully saturated rings. The van der Waals surface area contributed by atoms with Gasteiger partial charge in [0.25, 0.3) is 5.56 Å². The molecule has 4 atom stereocenters. The molecule has 17 heteroatoms. The molecule has 0 radical (unpaired) electrons. The van der Waals surface area contributed by atoms with E-state index in [1.807, 2.05) is 76.2 Å². The summed E-state index contributed by atoms with van der Waals surface area (Å²) in [6, 6.07) is 18.1. The molecule has 0 unspecified atom stereocenters. The lowest BCUT2D eigenvalue weighted by molar-refractivity contribution is -0.143. The number of aryl methyl sites for hydroxylation is 5. The number of carbonyl (C=O) groups excluding carboxylic acids is 4. The first-order valence-electron chi connectivity index (χ1n) is 21.5. The van der Waals surface area contributed by atoms with Gasteiger partial charge in [0.05, 0.1) is 36.6 Å². The Hall–Kier alpha value is -6.26. The number of nitrogens with zero attached hydrogens (tertiary/aromatic N) is 3. The summed E-state index contributed by atoms with van der Waals surface area (Å²) in [5.41, 5.74) is 22.0. The number of aromatic hydroxyl groups is 2. The van der Waals surface area contributed by atoms with Crippen molar-refractivity contribution in [3.63, 3.8) is 0 Å². The maximum atomic E-state index is 14.0. The van der Waals surface area contributed by atoms with Gasteiger partial charge in [-0.3, -0.25) is 24.0 Å². The number of phenols is 2. The van der Waals surface area contributed by atoms with E-state index in [4.69, 9.17) is 11.5 Å². The number of aromatic amines is 1. The molecule has 7 rings (SSSR count). The Labute approximate surface area is 396 Å². The molecule has 0 saturated carbocycles. The van der Waals surface area contributed by atoms with Crippen LogP contribution in [0.2, 0.25) is 0 Å². The molecule has 4 aromatic carbocycles. The maximum Gasteiger partial charge on any atom is 0.271 e. The monoisotopic (exact) mass is 940 g/mol. The molecule has 0 bridgehead atoms. The van der Waals surface area contributed by atoms with Gasteiger partial charge in [-0.15, -0.1) is 24.8 Å². The molecule has 1 aromatic heterocycles. The maximum absolute atomic E-state index is 14.0. The highest BCUT2D eigenvalue weighted by Crippen LogP contribution is 2.28. The minimum atomic E-state index is -0.956. The third-order valence-electron chi connectivity index (χ3n) is 12.6. The van der Waals surface area contributed by atoms with E-state index >= 15 is 0 Å². The van der Waals surface area contributed by atoms with Gasteiger partial charge in [0.1, 0.15) is 29.3 Å². The van der Waals surface area contributed by atoms with E-state index in [2.05, 4.69) is 20.6 Å². The molecular formula is C49H58Cl2N8O7. The summed E-state index contributed by atoms with van der Waals surface area (Å²) in [6.45, 7) is 9.15. The average molecular weight is 942 g/mol. The van der Waals surface area contributed by atoms with Crippen LogP contribution in [0.25, 0.3) is 0 Å². The van der Waals surface area contributed by atoms with Crippen LogP contribution in [-0.4, -0.2) is 77.8 Å². The number of nitrogens with one attached hydrogen (secondary N) is 3. The van der Waals surface area contributed by atoms with Crippen molar-refractivity contribution in [3.05, 3.63) is 156 Å². The number of halogens is 2. The molecule has 0 spiro atoms. The fraction of sp³-hybridized carbons (Fsp3) is 0.347. The number of hydrogen-bond donors (Lipinski definition) is 7. The standard InChI is InChI=1S/C49H56N8O7.2ClH/c1-26-14-35(58)15-27(2)37(26)20-39(50)48(63)56-24-33-12-8-6-10-31(33)18-43(56)46(61)52-22-41-30(5)54-42(45(60)55-41)23-53-47(62)44-19-32-11-7-9-13-34(32)25-57(44)49(64)40(51)21-38-28(3)16-36(59)17-29(38)4;;/h6-17,39-40,43-44,58-59H,18-25,50-51H2,1-5H3,(H,52,61)(H,53,62)(H,55,60);2*1H/t39-,40-,43-,44-;;/m0../s1. The fourth-order valence-electron chi connectivity index (χ4n) is 9.10. The highest BCUT2D eigenvalue weighted by atomic mass is 35.5. The van der Waals surface area contributed by atoms with Crippen molar-refractivity contribution in [2.75, 3.05) is 0 Å². The second kappa shape index (κ2) is 21.4. The number of benzene rings is 4. The van der Waals surface area contributed by atoms with E-state index in [0.717, 1.165) is 55.6 Å². The summed E-state index contributed by atoms with van der Waals surface area (Å²) in [4.78, 5) is 79.7. The van der Waals surface area contributed by atoms with E-state index in [9.17, 15) is 34.2 Å². The Morgan fingerprint density at radius 2 is 1.05 bits per heavy atom. The quantitative estimate of drug-likeness (QED) is 0.0955. The largest absolute Gasteiger partial charge is 0.508 e. The number of aromatic nitrogens is 2. The molecule has 9 N–H and O–H groups in total. The minimum Gasteiger partial charge on any atom is -0.508 e. The van der Waals surface area contributed by atoms with E-state index in [0.29, 0.717) is 11.4 Å². The summed E-state index contributed by atoms with van der Waals surface area (Å²) in [5.74, 6) is -1.41. The lowest BCUT2D eigenvalue weighted by Gasteiger charge is -2.37. The molecule has 0 aliphatic carbocycles. The molecule has 5 aromatic rings. The third-order valence-corrected chi connectivity index (χ3v) is 12.6. The van der Waals surface area contributed by atoms with Gasteiger partial charge in [0.15, 0.2) is 0 Å². The zero-order valence-electron chi connectivity index (χ0n) is 37.6. The Kier molecular flexibility index (Phi) is 16.4. The number of amides is 4. The number of phenolic OH excluding ortho intramolecular Hbond substituents is 2. The van der Waals surface area contributed by atoms with Crippen LogP contribution in [0, 0.1) is 34.6 Å². The van der Waals surface area contributed by atoms with Crippen molar-refractivity contribution < 1.29 is 29.4 Å². The number of carbonyl (C=O) groups is 4. The average Bonchev–Trinajstić information content (AvgIpc) is 3.26. The molecular weight excluding hydrogens is 883 g/mol. The molecule has 66 heavy (non-hydrogen) atoms. The predicted molar refractivity (Wildman–Crippen MR) is 255 cm³/mol.